The van der Waals surface area contributed by atoms with Crippen molar-refractivity contribution in [1.29, 1.82) is 0 Å². The standard InChI is InChI=1S/C15H13FO2/c1-9-3-4-13(15(17)18)14(7-9)11-5-10(2)6-12(16)8-11/h3-8H,1-2H3,(H,17,18). The van der Waals surface area contributed by atoms with E-state index in [0.29, 0.717) is 11.1 Å². The van der Waals surface area contributed by atoms with Crippen molar-refractivity contribution in [3.8, 4) is 11.1 Å². The first-order chi connectivity index (χ1) is 8.47. The fourth-order valence-electron chi connectivity index (χ4n) is 1.98. The molecule has 2 rings (SSSR count). The number of hydrogen-bond donors (Lipinski definition) is 1. The van der Waals surface area contributed by atoms with E-state index in [-0.39, 0.29) is 11.4 Å². The van der Waals surface area contributed by atoms with Crippen molar-refractivity contribution >= 4 is 5.97 Å². The summed E-state index contributed by atoms with van der Waals surface area (Å²) in [5.41, 5.74) is 3.03. The van der Waals surface area contributed by atoms with Crippen LogP contribution in [0.15, 0.2) is 36.4 Å². The Labute approximate surface area is 105 Å². The molecule has 92 valence electrons. The monoisotopic (exact) mass is 244 g/mol. The molecule has 0 heterocycles. The van der Waals surface area contributed by atoms with Crippen LogP contribution in [0.3, 0.4) is 0 Å². The summed E-state index contributed by atoms with van der Waals surface area (Å²) in [6, 6.07) is 9.60. The molecule has 0 radical (unpaired) electrons. The average molecular weight is 244 g/mol. The Bertz CT molecular complexity index is 598. The second kappa shape index (κ2) is 4.61. The summed E-state index contributed by atoms with van der Waals surface area (Å²) in [6.45, 7) is 3.66. The fourth-order valence-corrected chi connectivity index (χ4v) is 1.98. The topological polar surface area (TPSA) is 37.3 Å². The highest BCUT2D eigenvalue weighted by Gasteiger charge is 2.12. The molecule has 0 aliphatic heterocycles. The SMILES string of the molecule is Cc1cc(F)cc(-c2cc(C)ccc2C(=O)O)c1. The van der Waals surface area contributed by atoms with Crippen molar-refractivity contribution in [2.75, 3.05) is 0 Å². The number of hydrogen-bond acceptors (Lipinski definition) is 1. The van der Waals surface area contributed by atoms with Gasteiger partial charge in [-0.2, -0.15) is 0 Å². The third-order valence-corrected chi connectivity index (χ3v) is 2.76. The van der Waals surface area contributed by atoms with Crippen molar-refractivity contribution in [1.82, 2.24) is 0 Å². The number of carboxylic acid groups (broad SMARTS) is 1. The Morgan fingerprint density at radius 1 is 1.06 bits per heavy atom. The van der Waals surface area contributed by atoms with Crippen molar-refractivity contribution < 1.29 is 14.3 Å². The molecule has 0 aliphatic carbocycles. The van der Waals surface area contributed by atoms with Gasteiger partial charge < -0.3 is 5.11 Å². The van der Waals surface area contributed by atoms with Crippen molar-refractivity contribution in [3.05, 3.63) is 58.9 Å². The normalized spacial score (nSPS) is 10.4. The number of halogens is 1. The minimum Gasteiger partial charge on any atom is -0.478 e. The largest absolute Gasteiger partial charge is 0.478 e. The van der Waals surface area contributed by atoms with Gasteiger partial charge in [0.25, 0.3) is 0 Å². The highest BCUT2D eigenvalue weighted by atomic mass is 19.1. The van der Waals surface area contributed by atoms with E-state index in [4.69, 9.17) is 5.11 Å². The van der Waals surface area contributed by atoms with Gasteiger partial charge >= 0.3 is 5.97 Å². The zero-order valence-corrected chi connectivity index (χ0v) is 10.2. The van der Waals surface area contributed by atoms with Crippen LogP contribution < -0.4 is 0 Å². The van der Waals surface area contributed by atoms with Crippen LogP contribution >= 0.6 is 0 Å². The summed E-state index contributed by atoms with van der Waals surface area (Å²) in [5.74, 6) is -1.37. The number of benzene rings is 2. The molecule has 0 aromatic heterocycles. The van der Waals surface area contributed by atoms with Gasteiger partial charge in [0, 0.05) is 0 Å². The van der Waals surface area contributed by atoms with Gasteiger partial charge in [0.2, 0.25) is 0 Å². The summed E-state index contributed by atoms with van der Waals surface area (Å²) in [4.78, 5) is 11.2. The fraction of sp³-hybridized carbons (Fsp3) is 0.133. The van der Waals surface area contributed by atoms with E-state index in [9.17, 15) is 9.18 Å². The molecule has 0 unspecified atom stereocenters. The molecule has 0 fully saturated rings. The summed E-state index contributed by atoms with van der Waals surface area (Å²) in [5, 5.41) is 9.16. The Hall–Kier alpha value is -2.16. The van der Waals surface area contributed by atoms with Crippen LogP contribution in [-0.4, -0.2) is 11.1 Å². The second-order valence-corrected chi connectivity index (χ2v) is 4.37. The maximum absolute atomic E-state index is 13.4. The summed E-state index contributed by atoms with van der Waals surface area (Å²) < 4.78 is 13.4. The molecule has 2 nitrogen and oxygen atoms in total. The molecule has 0 amide bonds. The molecular formula is C15H13FO2. The summed E-state index contributed by atoms with van der Waals surface area (Å²) in [7, 11) is 0. The van der Waals surface area contributed by atoms with Gasteiger partial charge in [-0.15, -0.1) is 0 Å². The third kappa shape index (κ3) is 2.40. The Kier molecular flexibility index (Phi) is 3.15. The van der Waals surface area contributed by atoms with Crippen molar-refractivity contribution in [2.45, 2.75) is 13.8 Å². The van der Waals surface area contributed by atoms with E-state index in [1.165, 1.54) is 12.1 Å². The minimum absolute atomic E-state index is 0.186. The third-order valence-electron chi connectivity index (χ3n) is 2.76. The number of aryl methyl sites for hydroxylation is 2. The second-order valence-electron chi connectivity index (χ2n) is 4.37. The first-order valence-corrected chi connectivity index (χ1v) is 5.59. The quantitative estimate of drug-likeness (QED) is 0.872. The van der Waals surface area contributed by atoms with Gasteiger partial charge in [-0.3, -0.25) is 0 Å². The molecule has 0 saturated heterocycles. The highest BCUT2D eigenvalue weighted by molar-refractivity contribution is 5.96. The van der Waals surface area contributed by atoms with Crippen LogP contribution in [0.1, 0.15) is 21.5 Å². The molecule has 0 aliphatic rings. The molecule has 0 atom stereocenters. The molecular weight excluding hydrogens is 231 g/mol. The van der Waals surface area contributed by atoms with E-state index in [1.54, 1.807) is 31.2 Å². The lowest BCUT2D eigenvalue weighted by molar-refractivity contribution is 0.0697. The Morgan fingerprint density at radius 3 is 2.39 bits per heavy atom. The average Bonchev–Trinajstić information content (AvgIpc) is 2.27. The minimum atomic E-state index is -1.01. The number of carbonyl (C=O) groups is 1. The van der Waals surface area contributed by atoms with Gasteiger partial charge in [-0.25, -0.2) is 9.18 Å². The van der Waals surface area contributed by atoms with Crippen molar-refractivity contribution in [2.24, 2.45) is 0 Å². The van der Waals surface area contributed by atoms with Crippen LogP contribution in [0, 0.1) is 19.7 Å². The lowest BCUT2D eigenvalue weighted by Gasteiger charge is -2.09. The van der Waals surface area contributed by atoms with Crippen LogP contribution in [0.5, 0.6) is 0 Å². The maximum atomic E-state index is 13.4. The van der Waals surface area contributed by atoms with E-state index in [0.717, 1.165) is 11.1 Å². The van der Waals surface area contributed by atoms with Gasteiger partial charge in [0.15, 0.2) is 0 Å². The van der Waals surface area contributed by atoms with Gasteiger partial charge in [-0.05, 0) is 48.7 Å². The number of aromatic carboxylic acids is 1. The highest BCUT2D eigenvalue weighted by Crippen LogP contribution is 2.26. The van der Waals surface area contributed by atoms with E-state index >= 15 is 0 Å². The van der Waals surface area contributed by atoms with E-state index in [2.05, 4.69) is 0 Å². The first kappa shape index (κ1) is 12.3. The first-order valence-electron chi connectivity index (χ1n) is 5.59. The predicted molar refractivity (Wildman–Crippen MR) is 68.3 cm³/mol. The van der Waals surface area contributed by atoms with Crippen molar-refractivity contribution in [3.63, 3.8) is 0 Å². The van der Waals surface area contributed by atoms with Gasteiger partial charge in [0.1, 0.15) is 5.82 Å². The van der Waals surface area contributed by atoms with E-state index in [1.807, 2.05) is 6.92 Å². The van der Waals surface area contributed by atoms with Crippen LogP contribution in [-0.2, 0) is 0 Å². The van der Waals surface area contributed by atoms with Gasteiger partial charge in [-0.1, -0.05) is 23.8 Å². The molecule has 0 bridgehead atoms. The molecule has 18 heavy (non-hydrogen) atoms. The molecule has 0 spiro atoms. The van der Waals surface area contributed by atoms with Gasteiger partial charge in [0.05, 0.1) is 5.56 Å². The number of carboxylic acids is 1. The predicted octanol–water partition coefficient (Wildman–Crippen LogP) is 3.81. The van der Waals surface area contributed by atoms with E-state index < -0.39 is 5.97 Å². The number of rotatable bonds is 2. The maximum Gasteiger partial charge on any atom is 0.336 e. The molecule has 3 heteroatoms. The summed E-state index contributed by atoms with van der Waals surface area (Å²) in [6.07, 6.45) is 0. The van der Waals surface area contributed by atoms with Crippen LogP contribution in [0.25, 0.3) is 11.1 Å². The smallest absolute Gasteiger partial charge is 0.336 e. The Morgan fingerprint density at radius 2 is 1.78 bits per heavy atom. The molecule has 2 aromatic carbocycles. The summed E-state index contributed by atoms with van der Waals surface area (Å²) >= 11 is 0. The molecule has 0 saturated carbocycles. The van der Waals surface area contributed by atoms with Crippen LogP contribution in [0.2, 0.25) is 0 Å². The molecule has 1 N–H and O–H groups in total. The molecule has 2 aromatic rings. The zero-order valence-electron chi connectivity index (χ0n) is 10.2. The lowest BCUT2D eigenvalue weighted by atomic mass is 9.96. The lowest BCUT2D eigenvalue weighted by Crippen LogP contribution is -2.00. The zero-order chi connectivity index (χ0) is 13.3. The Balaban J connectivity index is 2.68. The van der Waals surface area contributed by atoms with Crippen LogP contribution in [0.4, 0.5) is 4.39 Å².